The van der Waals surface area contributed by atoms with Crippen molar-refractivity contribution in [3.05, 3.63) is 65.9 Å². The van der Waals surface area contributed by atoms with Crippen LogP contribution in [0.3, 0.4) is 0 Å². The van der Waals surface area contributed by atoms with Crippen molar-refractivity contribution in [2.24, 2.45) is 0 Å². The number of methoxy groups -OCH3 is 1. The molecule has 3 rings (SSSR count). The molecule has 0 atom stereocenters. The van der Waals surface area contributed by atoms with Gasteiger partial charge in [0.05, 0.1) is 18.5 Å². The van der Waals surface area contributed by atoms with E-state index in [-0.39, 0.29) is 0 Å². The molecule has 1 aromatic heterocycles. The first-order valence-electron chi connectivity index (χ1n) is 7.27. The first-order valence-corrected chi connectivity index (χ1v) is 7.27. The standard InChI is InChI=1S/C18H15F3N2O/c1-12-3-5-13(6-4-12)16-11-17(18(19,20)21)22-23(16)14-7-9-15(24-2)10-8-14/h3-11H,1-2H3. The van der Waals surface area contributed by atoms with E-state index in [4.69, 9.17) is 4.74 Å². The van der Waals surface area contributed by atoms with Crippen LogP contribution in [0.5, 0.6) is 5.75 Å². The molecule has 1 heterocycles. The molecular formula is C18H15F3N2O. The maximum Gasteiger partial charge on any atom is 0.435 e. The highest BCUT2D eigenvalue weighted by molar-refractivity contribution is 5.63. The molecule has 0 saturated heterocycles. The number of rotatable bonds is 3. The van der Waals surface area contributed by atoms with Crippen LogP contribution < -0.4 is 4.74 Å². The summed E-state index contributed by atoms with van der Waals surface area (Å²) in [4.78, 5) is 0. The van der Waals surface area contributed by atoms with E-state index in [0.29, 0.717) is 22.7 Å². The van der Waals surface area contributed by atoms with Crippen LogP contribution >= 0.6 is 0 Å². The van der Waals surface area contributed by atoms with Gasteiger partial charge in [0, 0.05) is 5.56 Å². The van der Waals surface area contributed by atoms with E-state index in [2.05, 4.69) is 5.10 Å². The molecule has 0 radical (unpaired) electrons. The third-order valence-corrected chi connectivity index (χ3v) is 3.66. The van der Waals surface area contributed by atoms with Crippen molar-refractivity contribution < 1.29 is 17.9 Å². The molecule has 0 fully saturated rings. The Morgan fingerprint density at radius 3 is 2.12 bits per heavy atom. The van der Waals surface area contributed by atoms with Crippen LogP contribution in [-0.4, -0.2) is 16.9 Å². The van der Waals surface area contributed by atoms with Crippen LogP contribution in [0, 0.1) is 6.92 Å². The molecule has 0 aliphatic rings. The Morgan fingerprint density at radius 2 is 1.58 bits per heavy atom. The van der Waals surface area contributed by atoms with Crippen molar-refractivity contribution in [3.8, 4) is 22.7 Å². The summed E-state index contributed by atoms with van der Waals surface area (Å²) in [5.41, 5.74) is 1.69. The van der Waals surface area contributed by atoms with Crippen LogP contribution in [0.1, 0.15) is 11.3 Å². The summed E-state index contributed by atoms with van der Waals surface area (Å²) in [6.45, 7) is 1.92. The van der Waals surface area contributed by atoms with Gasteiger partial charge in [-0.25, -0.2) is 4.68 Å². The second kappa shape index (κ2) is 6.03. The molecule has 6 heteroatoms. The summed E-state index contributed by atoms with van der Waals surface area (Å²) < 4.78 is 45.7. The van der Waals surface area contributed by atoms with Gasteiger partial charge in [-0.05, 0) is 37.3 Å². The van der Waals surface area contributed by atoms with Crippen LogP contribution in [0.25, 0.3) is 16.9 Å². The molecule has 0 N–H and O–H groups in total. The molecule has 3 aromatic rings. The lowest BCUT2D eigenvalue weighted by atomic mass is 10.1. The molecule has 0 aliphatic carbocycles. The average Bonchev–Trinajstić information content (AvgIpc) is 3.01. The molecular weight excluding hydrogens is 317 g/mol. The smallest absolute Gasteiger partial charge is 0.435 e. The predicted octanol–water partition coefficient (Wildman–Crippen LogP) is 4.88. The molecule has 0 amide bonds. The topological polar surface area (TPSA) is 27.1 Å². The lowest BCUT2D eigenvalue weighted by Gasteiger charge is -2.09. The van der Waals surface area contributed by atoms with Crippen LogP contribution in [0.15, 0.2) is 54.6 Å². The third-order valence-electron chi connectivity index (χ3n) is 3.66. The molecule has 0 saturated carbocycles. The van der Waals surface area contributed by atoms with E-state index >= 15 is 0 Å². The molecule has 124 valence electrons. The monoisotopic (exact) mass is 332 g/mol. The minimum atomic E-state index is -4.50. The Balaban J connectivity index is 2.15. The lowest BCUT2D eigenvalue weighted by Crippen LogP contribution is -2.07. The Bertz CT molecular complexity index is 834. The van der Waals surface area contributed by atoms with Gasteiger partial charge in [0.15, 0.2) is 5.69 Å². The SMILES string of the molecule is COc1ccc(-n2nc(C(F)(F)F)cc2-c2ccc(C)cc2)cc1. The maximum atomic E-state index is 13.1. The largest absolute Gasteiger partial charge is 0.497 e. The number of nitrogens with zero attached hydrogens (tertiary/aromatic N) is 2. The van der Waals surface area contributed by atoms with Gasteiger partial charge in [0.2, 0.25) is 0 Å². The zero-order valence-corrected chi connectivity index (χ0v) is 13.1. The Kier molecular flexibility index (Phi) is 4.05. The Labute approximate surface area is 137 Å². The summed E-state index contributed by atoms with van der Waals surface area (Å²) in [6, 6.07) is 15.1. The minimum Gasteiger partial charge on any atom is -0.497 e. The Hall–Kier alpha value is -2.76. The number of hydrogen-bond donors (Lipinski definition) is 0. The van der Waals surface area contributed by atoms with Gasteiger partial charge < -0.3 is 4.74 Å². The highest BCUT2D eigenvalue weighted by Gasteiger charge is 2.35. The number of hydrogen-bond acceptors (Lipinski definition) is 2. The fourth-order valence-corrected chi connectivity index (χ4v) is 2.37. The summed E-state index contributed by atoms with van der Waals surface area (Å²) in [5.74, 6) is 0.624. The van der Waals surface area contributed by atoms with Crippen molar-refractivity contribution >= 4 is 0 Å². The van der Waals surface area contributed by atoms with Crippen LogP contribution in [0.4, 0.5) is 13.2 Å². The van der Waals surface area contributed by atoms with Crippen molar-refractivity contribution in [1.29, 1.82) is 0 Å². The molecule has 0 bridgehead atoms. The summed E-state index contributed by atoms with van der Waals surface area (Å²) >= 11 is 0. The molecule has 2 aromatic carbocycles. The molecule has 0 aliphatic heterocycles. The lowest BCUT2D eigenvalue weighted by molar-refractivity contribution is -0.141. The summed E-state index contributed by atoms with van der Waals surface area (Å²) in [5, 5.41) is 3.76. The second-order valence-corrected chi connectivity index (χ2v) is 5.39. The van der Waals surface area contributed by atoms with Gasteiger partial charge in [-0.2, -0.15) is 18.3 Å². The van der Waals surface area contributed by atoms with Crippen molar-refractivity contribution in [3.63, 3.8) is 0 Å². The van der Waals surface area contributed by atoms with Gasteiger partial charge in [-0.15, -0.1) is 0 Å². The van der Waals surface area contributed by atoms with E-state index in [1.54, 1.807) is 36.4 Å². The Morgan fingerprint density at radius 1 is 0.958 bits per heavy atom. The van der Waals surface area contributed by atoms with E-state index in [0.717, 1.165) is 11.6 Å². The molecule has 24 heavy (non-hydrogen) atoms. The highest BCUT2D eigenvalue weighted by atomic mass is 19.4. The number of aromatic nitrogens is 2. The first kappa shape index (κ1) is 16.1. The third kappa shape index (κ3) is 3.13. The van der Waals surface area contributed by atoms with Crippen molar-refractivity contribution in [2.75, 3.05) is 7.11 Å². The van der Waals surface area contributed by atoms with E-state index in [1.807, 2.05) is 19.1 Å². The highest BCUT2D eigenvalue weighted by Crippen LogP contribution is 2.33. The quantitative estimate of drug-likeness (QED) is 0.684. The fourth-order valence-electron chi connectivity index (χ4n) is 2.37. The van der Waals surface area contributed by atoms with Gasteiger partial charge >= 0.3 is 6.18 Å². The zero-order valence-electron chi connectivity index (χ0n) is 13.1. The number of halogens is 3. The minimum absolute atomic E-state index is 0.382. The van der Waals surface area contributed by atoms with Gasteiger partial charge in [-0.1, -0.05) is 29.8 Å². The van der Waals surface area contributed by atoms with Crippen LogP contribution in [0.2, 0.25) is 0 Å². The summed E-state index contributed by atoms with van der Waals surface area (Å²) in [6.07, 6.45) is -4.50. The van der Waals surface area contributed by atoms with Gasteiger partial charge in [-0.3, -0.25) is 0 Å². The van der Waals surface area contributed by atoms with Crippen LogP contribution in [-0.2, 0) is 6.18 Å². The number of ether oxygens (including phenoxy) is 1. The van der Waals surface area contributed by atoms with E-state index in [9.17, 15) is 13.2 Å². The molecule has 3 nitrogen and oxygen atoms in total. The van der Waals surface area contributed by atoms with Gasteiger partial charge in [0.25, 0.3) is 0 Å². The second-order valence-electron chi connectivity index (χ2n) is 5.39. The molecule has 0 spiro atoms. The number of aryl methyl sites for hydroxylation is 1. The normalized spacial score (nSPS) is 11.5. The first-order chi connectivity index (χ1) is 11.4. The van der Waals surface area contributed by atoms with Crippen molar-refractivity contribution in [2.45, 2.75) is 13.1 Å². The van der Waals surface area contributed by atoms with E-state index < -0.39 is 11.9 Å². The van der Waals surface area contributed by atoms with E-state index in [1.165, 1.54) is 11.8 Å². The predicted molar refractivity (Wildman–Crippen MR) is 85.3 cm³/mol. The zero-order chi connectivity index (χ0) is 17.3. The van der Waals surface area contributed by atoms with Gasteiger partial charge in [0.1, 0.15) is 5.75 Å². The number of alkyl halides is 3. The average molecular weight is 332 g/mol. The van der Waals surface area contributed by atoms with Crippen molar-refractivity contribution in [1.82, 2.24) is 9.78 Å². The fraction of sp³-hybridized carbons (Fsp3) is 0.167. The maximum absolute atomic E-state index is 13.1. The number of benzene rings is 2. The molecule has 0 unspecified atom stereocenters. The summed E-state index contributed by atoms with van der Waals surface area (Å²) in [7, 11) is 1.53.